The minimum absolute atomic E-state index is 0.212. The summed E-state index contributed by atoms with van der Waals surface area (Å²) in [6.07, 6.45) is 1.78. The highest BCUT2D eigenvalue weighted by Crippen LogP contribution is 2.09. The molecule has 1 fully saturated rings. The van der Waals surface area contributed by atoms with E-state index in [-0.39, 0.29) is 12.6 Å². The van der Waals surface area contributed by atoms with Crippen molar-refractivity contribution >= 4 is 0 Å². The van der Waals surface area contributed by atoms with Crippen molar-refractivity contribution in [2.45, 2.75) is 6.04 Å². The fraction of sp³-hybridized carbons (Fsp3) is 0.667. The number of hydrogen-bond donors (Lipinski definition) is 1. The molecule has 1 atom stereocenters. The lowest BCUT2D eigenvalue weighted by molar-refractivity contribution is 0.234. The van der Waals surface area contributed by atoms with Gasteiger partial charge in [-0.1, -0.05) is 6.08 Å². The predicted octanol–water partition coefficient (Wildman–Crippen LogP) is -0.151. The molecular weight excluding hydrogens is 102 g/mol. The van der Waals surface area contributed by atoms with Gasteiger partial charge in [0.2, 0.25) is 0 Å². The van der Waals surface area contributed by atoms with Crippen LogP contribution < -0.4 is 0 Å². The lowest BCUT2D eigenvalue weighted by Crippen LogP contribution is -2.19. The second-order valence-corrected chi connectivity index (χ2v) is 2.02. The fourth-order valence-electron chi connectivity index (χ4n) is 0.728. The average Bonchev–Trinajstić information content (AvgIpc) is 2.53. The molecule has 1 saturated heterocycles. The highest BCUT2D eigenvalue weighted by atomic mass is 16.3. The molecule has 1 N–H and O–H groups in total. The third-order valence-corrected chi connectivity index (χ3v) is 1.41. The molecule has 0 aromatic rings. The number of aliphatic hydroxyl groups excluding tert-OH is 1. The number of aliphatic hydroxyl groups is 1. The van der Waals surface area contributed by atoms with Gasteiger partial charge in [-0.2, -0.15) is 0 Å². The van der Waals surface area contributed by atoms with E-state index in [0.717, 1.165) is 13.1 Å². The van der Waals surface area contributed by atoms with Crippen LogP contribution in [0.15, 0.2) is 12.7 Å². The zero-order chi connectivity index (χ0) is 5.98. The standard InChI is InChI=1S/C6H11NO/c1-2-6(5-8)7-3-4-7/h2,6,8H,1,3-5H2/t6-/m0/s1. The van der Waals surface area contributed by atoms with E-state index in [1.165, 1.54) is 0 Å². The summed E-state index contributed by atoms with van der Waals surface area (Å²) in [5.74, 6) is 0. The SMILES string of the molecule is C=C[C@@H](CO)N1CC1. The summed E-state index contributed by atoms with van der Waals surface area (Å²) < 4.78 is 0. The Balaban J connectivity index is 2.25. The van der Waals surface area contributed by atoms with Crippen LogP contribution in [0.1, 0.15) is 0 Å². The van der Waals surface area contributed by atoms with E-state index in [4.69, 9.17) is 5.11 Å². The lowest BCUT2D eigenvalue weighted by Gasteiger charge is -2.07. The molecule has 1 heterocycles. The Morgan fingerprint density at radius 3 is 2.50 bits per heavy atom. The van der Waals surface area contributed by atoms with E-state index in [1.807, 2.05) is 0 Å². The molecule has 0 bridgehead atoms. The number of rotatable bonds is 3. The summed E-state index contributed by atoms with van der Waals surface area (Å²) in [5.41, 5.74) is 0. The summed E-state index contributed by atoms with van der Waals surface area (Å²) in [4.78, 5) is 2.16. The Kier molecular flexibility index (Phi) is 1.65. The summed E-state index contributed by atoms with van der Waals surface area (Å²) in [7, 11) is 0. The van der Waals surface area contributed by atoms with E-state index in [2.05, 4.69) is 11.5 Å². The lowest BCUT2D eigenvalue weighted by atomic mass is 10.3. The second kappa shape index (κ2) is 2.29. The fourth-order valence-corrected chi connectivity index (χ4v) is 0.728. The first-order valence-electron chi connectivity index (χ1n) is 2.86. The van der Waals surface area contributed by atoms with Gasteiger partial charge >= 0.3 is 0 Å². The molecule has 8 heavy (non-hydrogen) atoms. The molecule has 2 heteroatoms. The molecule has 1 aliphatic heterocycles. The predicted molar refractivity (Wildman–Crippen MR) is 32.6 cm³/mol. The Bertz CT molecular complexity index is 88.5. The first kappa shape index (κ1) is 5.79. The quantitative estimate of drug-likeness (QED) is 0.406. The minimum atomic E-state index is 0.212. The first-order chi connectivity index (χ1) is 3.88. The van der Waals surface area contributed by atoms with E-state index >= 15 is 0 Å². The molecule has 0 unspecified atom stereocenters. The topological polar surface area (TPSA) is 23.2 Å². The third-order valence-electron chi connectivity index (χ3n) is 1.41. The molecule has 0 radical (unpaired) electrons. The molecule has 0 saturated carbocycles. The second-order valence-electron chi connectivity index (χ2n) is 2.02. The van der Waals surface area contributed by atoms with E-state index in [0.29, 0.717) is 0 Å². The molecule has 0 aromatic carbocycles. The summed E-state index contributed by atoms with van der Waals surface area (Å²) >= 11 is 0. The molecule has 1 aliphatic rings. The number of nitrogens with zero attached hydrogens (tertiary/aromatic N) is 1. The van der Waals surface area contributed by atoms with E-state index in [1.54, 1.807) is 6.08 Å². The largest absolute Gasteiger partial charge is 0.394 e. The molecule has 2 nitrogen and oxygen atoms in total. The normalized spacial score (nSPS) is 22.6. The Hall–Kier alpha value is -0.340. The first-order valence-corrected chi connectivity index (χ1v) is 2.86. The van der Waals surface area contributed by atoms with Crippen molar-refractivity contribution in [1.82, 2.24) is 4.90 Å². The Labute approximate surface area is 49.4 Å². The van der Waals surface area contributed by atoms with Crippen molar-refractivity contribution in [2.75, 3.05) is 19.7 Å². The van der Waals surface area contributed by atoms with Crippen LogP contribution in [0.2, 0.25) is 0 Å². The van der Waals surface area contributed by atoms with Crippen LogP contribution in [0.3, 0.4) is 0 Å². The maximum Gasteiger partial charge on any atom is 0.0622 e. The molecule has 0 spiro atoms. The van der Waals surface area contributed by atoms with Gasteiger partial charge in [0.15, 0.2) is 0 Å². The van der Waals surface area contributed by atoms with Gasteiger partial charge in [0, 0.05) is 13.1 Å². The number of hydrogen-bond acceptors (Lipinski definition) is 2. The van der Waals surface area contributed by atoms with Gasteiger partial charge in [0.1, 0.15) is 0 Å². The molecule has 0 amide bonds. The van der Waals surface area contributed by atoms with E-state index < -0.39 is 0 Å². The van der Waals surface area contributed by atoms with Gasteiger partial charge in [-0.3, -0.25) is 4.90 Å². The van der Waals surface area contributed by atoms with Crippen molar-refractivity contribution in [1.29, 1.82) is 0 Å². The van der Waals surface area contributed by atoms with Crippen molar-refractivity contribution in [2.24, 2.45) is 0 Å². The van der Waals surface area contributed by atoms with Gasteiger partial charge in [-0.05, 0) is 0 Å². The zero-order valence-corrected chi connectivity index (χ0v) is 4.88. The van der Waals surface area contributed by atoms with Gasteiger partial charge in [0.05, 0.1) is 12.6 Å². The smallest absolute Gasteiger partial charge is 0.0622 e. The molecule has 0 aromatic heterocycles. The van der Waals surface area contributed by atoms with Gasteiger partial charge in [-0.15, -0.1) is 6.58 Å². The molecule has 1 rings (SSSR count). The van der Waals surface area contributed by atoms with Crippen molar-refractivity contribution in [3.63, 3.8) is 0 Å². The van der Waals surface area contributed by atoms with Crippen LogP contribution in [-0.4, -0.2) is 35.7 Å². The summed E-state index contributed by atoms with van der Waals surface area (Å²) in [6.45, 7) is 6.05. The van der Waals surface area contributed by atoms with Crippen molar-refractivity contribution < 1.29 is 5.11 Å². The maximum absolute atomic E-state index is 8.62. The summed E-state index contributed by atoms with van der Waals surface area (Å²) in [5, 5.41) is 8.62. The van der Waals surface area contributed by atoms with Gasteiger partial charge in [-0.25, -0.2) is 0 Å². The van der Waals surface area contributed by atoms with E-state index in [9.17, 15) is 0 Å². The van der Waals surface area contributed by atoms with Crippen LogP contribution in [0.4, 0.5) is 0 Å². The van der Waals surface area contributed by atoms with Gasteiger partial charge in [0.25, 0.3) is 0 Å². The van der Waals surface area contributed by atoms with Crippen LogP contribution in [0.5, 0.6) is 0 Å². The maximum atomic E-state index is 8.62. The summed E-state index contributed by atoms with van der Waals surface area (Å²) in [6, 6.07) is 0.218. The average molecular weight is 113 g/mol. The third kappa shape index (κ3) is 1.08. The highest BCUT2D eigenvalue weighted by Gasteiger charge is 2.23. The van der Waals surface area contributed by atoms with Crippen LogP contribution >= 0.6 is 0 Å². The van der Waals surface area contributed by atoms with Crippen molar-refractivity contribution in [3.05, 3.63) is 12.7 Å². The highest BCUT2D eigenvalue weighted by molar-refractivity contribution is 4.93. The monoisotopic (exact) mass is 113 g/mol. The van der Waals surface area contributed by atoms with Gasteiger partial charge < -0.3 is 5.11 Å². The zero-order valence-electron chi connectivity index (χ0n) is 4.88. The van der Waals surface area contributed by atoms with Crippen LogP contribution in [0.25, 0.3) is 0 Å². The minimum Gasteiger partial charge on any atom is -0.394 e. The molecular formula is C6H11NO. The molecule has 0 aliphatic carbocycles. The van der Waals surface area contributed by atoms with Crippen molar-refractivity contribution in [3.8, 4) is 0 Å². The molecule has 46 valence electrons. The van der Waals surface area contributed by atoms with Crippen LogP contribution in [0, 0.1) is 0 Å². The van der Waals surface area contributed by atoms with Crippen LogP contribution in [-0.2, 0) is 0 Å². The Morgan fingerprint density at radius 1 is 1.75 bits per heavy atom. The Morgan fingerprint density at radius 2 is 2.38 bits per heavy atom.